The summed E-state index contributed by atoms with van der Waals surface area (Å²) in [5.74, 6) is -2.16. The normalized spacial score (nSPS) is 16.4. The monoisotopic (exact) mass is 138 g/mol. The number of alkyl halides is 1. The summed E-state index contributed by atoms with van der Waals surface area (Å²) >= 11 is 0. The van der Waals surface area contributed by atoms with Crippen molar-refractivity contribution in [2.24, 2.45) is 0 Å². The van der Waals surface area contributed by atoms with Crippen LogP contribution in [0, 0.1) is 0 Å². The topological polar surface area (TPSA) is 26.3 Å². The maximum atomic E-state index is 12.4. The molecule has 0 heterocycles. The predicted molar refractivity (Wildman–Crippen MR) is 27.4 cm³/mol. The lowest BCUT2D eigenvalue weighted by Gasteiger charge is -2.14. The van der Waals surface area contributed by atoms with Crippen molar-refractivity contribution in [3.05, 3.63) is 0 Å². The van der Waals surface area contributed by atoms with Gasteiger partial charge in [-0.15, -0.1) is 4.39 Å². The number of rotatable bonds is 2. The number of hydrogen-bond donors (Lipinski definition) is 0. The largest absolute Gasteiger partial charge is 0.498 e. The van der Waals surface area contributed by atoms with E-state index < -0.39 is 12.1 Å². The van der Waals surface area contributed by atoms with E-state index in [1.54, 1.807) is 0 Å². The molecule has 0 spiro atoms. The van der Waals surface area contributed by atoms with Gasteiger partial charge in [0.25, 0.3) is 5.85 Å². The first-order valence-corrected chi connectivity index (χ1v) is 2.55. The first-order valence-electron chi connectivity index (χ1n) is 2.55. The molecule has 0 radical (unpaired) electrons. The van der Waals surface area contributed by atoms with E-state index in [4.69, 9.17) is 0 Å². The summed E-state index contributed by atoms with van der Waals surface area (Å²) in [5, 5.41) is 0. The van der Waals surface area contributed by atoms with Gasteiger partial charge in [0, 0.05) is 13.3 Å². The number of carbonyl (C=O) groups is 1. The third kappa shape index (κ3) is 3.88. The van der Waals surface area contributed by atoms with Crippen molar-refractivity contribution in [2.75, 3.05) is 0 Å². The zero-order valence-electron chi connectivity index (χ0n) is 5.28. The van der Waals surface area contributed by atoms with Crippen molar-refractivity contribution < 1.29 is 18.3 Å². The molecule has 0 rings (SSSR count). The van der Waals surface area contributed by atoms with Gasteiger partial charge in [-0.25, -0.2) is 4.79 Å². The Morgan fingerprint density at radius 3 is 2.33 bits per heavy atom. The Bertz CT molecular complexity index is 112. The molecule has 0 amide bonds. The van der Waals surface area contributed by atoms with Crippen molar-refractivity contribution >= 4 is 6.22 Å². The van der Waals surface area contributed by atoms with E-state index in [1.807, 2.05) is 0 Å². The highest BCUT2D eigenvalue weighted by Gasteiger charge is 2.24. The average molecular weight is 138 g/mol. The Kier molecular flexibility index (Phi) is 2.55. The molecular weight excluding hydrogens is 130 g/mol. The van der Waals surface area contributed by atoms with E-state index in [-0.39, 0.29) is 6.42 Å². The highest BCUT2D eigenvalue weighted by atomic mass is 19.2. The molecule has 4 heteroatoms. The summed E-state index contributed by atoms with van der Waals surface area (Å²) in [5.41, 5.74) is 0. The number of ether oxygens (including phenoxy) is 1. The van der Waals surface area contributed by atoms with Gasteiger partial charge in [-0.1, -0.05) is 6.92 Å². The molecule has 0 aliphatic carbocycles. The summed E-state index contributed by atoms with van der Waals surface area (Å²) in [6.45, 7) is 2.44. The van der Waals surface area contributed by atoms with Crippen LogP contribution >= 0.6 is 0 Å². The zero-order chi connectivity index (χ0) is 7.49. The molecule has 1 atom stereocenters. The van der Waals surface area contributed by atoms with E-state index >= 15 is 0 Å². The van der Waals surface area contributed by atoms with Gasteiger partial charge in [0.1, 0.15) is 0 Å². The van der Waals surface area contributed by atoms with Crippen LogP contribution in [0.1, 0.15) is 20.3 Å². The van der Waals surface area contributed by atoms with Gasteiger partial charge in [-0.3, -0.25) is 0 Å². The molecule has 0 fully saturated rings. The maximum absolute atomic E-state index is 12.4. The Morgan fingerprint density at radius 1 is 1.78 bits per heavy atom. The summed E-state index contributed by atoms with van der Waals surface area (Å²) < 4.78 is 27.3. The fraction of sp³-hybridized carbons (Fsp3) is 0.800. The van der Waals surface area contributed by atoms with Crippen molar-refractivity contribution in [1.29, 1.82) is 0 Å². The third-order valence-electron chi connectivity index (χ3n) is 0.925. The summed E-state index contributed by atoms with van der Waals surface area (Å²) in [6, 6.07) is 0. The lowest BCUT2D eigenvalue weighted by atomic mass is 10.3. The second-order valence-electron chi connectivity index (χ2n) is 1.80. The highest BCUT2D eigenvalue weighted by Crippen LogP contribution is 2.16. The van der Waals surface area contributed by atoms with Crippen LogP contribution < -0.4 is 0 Å². The molecule has 1 unspecified atom stereocenters. The Morgan fingerprint density at radius 2 is 2.22 bits per heavy atom. The maximum Gasteiger partial charge on any atom is 0.498 e. The predicted octanol–water partition coefficient (Wildman–Crippen LogP) is 2.19. The molecule has 0 bridgehead atoms. The lowest BCUT2D eigenvalue weighted by molar-refractivity contribution is -0.0904. The van der Waals surface area contributed by atoms with Gasteiger partial charge in [0.15, 0.2) is 0 Å². The van der Waals surface area contributed by atoms with Gasteiger partial charge >= 0.3 is 6.22 Å². The molecular formula is C5H8F2O2. The molecule has 0 aliphatic heterocycles. The first kappa shape index (κ1) is 8.33. The average Bonchev–Trinajstić information content (AvgIpc) is 1.63. The minimum Gasteiger partial charge on any atom is -0.404 e. The van der Waals surface area contributed by atoms with Crippen LogP contribution in [0.3, 0.4) is 0 Å². The van der Waals surface area contributed by atoms with Gasteiger partial charge < -0.3 is 4.74 Å². The third-order valence-corrected chi connectivity index (χ3v) is 0.925. The highest BCUT2D eigenvalue weighted by molar-refractivity contribution is 5.58. The fourth-order valence-corrected chi connectivity index (χ4v) is 0.239. The molecule has 54 valence electrons. The van der Waals surface area contributed by atoms with Crippen molar-refractivity contribution in [1.82, 2.24) is 0 Å². The Labute approximate surface area is 51.8 Å². The van der Waals surface area contributed by atoms with E-state index in [0.29, 0.717) is 0 Å². The molecule has 0 aromatic rings. The van der Waals surface area contributed by atoms with Gasteiger partial charge in [-0.2, -0.15) is 4.39 Å². The van der Waals surface area contributed by atoms with Crippen LogP contribution in [-0.4, -0.2) is 12.1 Å². The molecule has 0 N–H and O–H groups in total. The standard InChI is InChI=1S/C5H8F2O2/c1-3-5(2,7)9-4(6)8/h3H2,1-2H3. The first-order chi connectivity index (χ1) is 3.98. The minimum absolute atomic E-state index is 0.0529. The molecule has 2 nitrogen and oxygen atoms in total. The van der Waals surface area contributed by atoms with Crippen LogP contribution in [0.4, 0.5) is 13.6 Å². The van der Waals surface area contributed by atoms with Crippen LogP contribution in [-0.2, 0) is 4.74 Å². The van der Waals surface area contributed by atoms with Crippen molar-refractivity contribution in [3.8, 4) is 0 Å². The van der Waals surface area contributed by atoms with E-state index in [2.05, 4.69) is 4.74 Å². The second-order valence-corrected chi connectivity index (χ2v) is 1.80. The molecule has 0 saturated carbocycles. The Balaban J connectivity index is 3.71. The van der Waals surface area contributed by atoms with Crippen LogP contribution in [0.5, 0.6) is 0 Å². The molecule has 0 aliphatic rings. The number of hydrogen-bond acceptors (Lipinski definition) is 2. The smallest absolute Gasteiger partial charge is 0.404 e. The van der Waals surface area contributed by atoms with Crippen LogP contribution in [0.15, 0.2) is 0 Å². The Hall–Kier alpha value is -0.670. The lowest BCUT2D eigenvalue weighted by Crippen LogP contribution is -2.22. The summed E-state index contributed by atoms with van der Waals surface area (Å²) in [7, 11) is 0. The molecule has 0 saturated heterocycles. The van der Waals surface area contributed by atoms with Crippen LogP contribution in [0.25, 0.3) is 0 Å². The fourth-order valence-electron chi connectivity index (χ4n) is 0.239. The number of halogens is 2. The van der Waals surface area contributed by atoms with Gasteiger partial charge in [0.05, 0.1) is 0 Å². The quantitative estimate of drug-likeness (QED) is 0.546. The second kappa shape index (κ2) is 2.75. The number of carbonyl (C=O) groups excluding carboxylic acids is 1. The van der Waals surface area contributed by atoms with E-state index in [9.17, 15) is 13.6 Å². The minimum atomic E-state index is -2.16. The molecule has 9 heavy (non-hydrogen) atoms. The van der Waals surface area contributed by atoms with Gasteiger partial charge in [0.2, 0.25) is 0 Å². The van der Waals surface area contributed by atoms with E-state index in [0.717, 1.165) is 6.92 Å². The van der Waals surface area contributed by atoms with Crippen molar-refractivity contribution in [3.63, 3.8) is 0 Å². The SMILES string of the molecule is CCC(C)(F)OC(=O)F. The summed E-state index contributed by atoms with van der Waals surface area (Å²) in [6.07, 6.45) is -2.13. The van der Waals surface area contributed by atoms with E-state index in [1.165, 1.54) is 6.92 Å². The van der Waals surface area contributed by atoms with Crippen LogP contribution in [0.2, 0.25) is 0 Å². The van der Waals surface area contributed by atoms with Gasteiger partial charge in [-0.05, 0) is 0 Å². The molecule has 0 aromatic heterocycles. The molecule has 0 aromatic carbocycles. The van der Waals surface area contributed by atoms with Crippen molar-refractivity contribution in [2.45, 2.75) is 26.1 Å². The summed E-state index contributed by atoms with van der Waals surface area (Å²) in [4.78, 5) is 9.49. The zero-order valence-corrected chi connectivity index (χ0v) is 5.28.